The SMILES string of the molecule is CCCCCCC(C=O)c1c(-c2ccccc2)c2cc(C)ccc2c(=O)n1C.CO. The molecule has 0 radical (unpaired) electrons. The van der Waals surface area contributed by atoms with E-state index < -0.39 is 0 Å². The summed E-state index contributed by atoms with van der Waals surface area (Å²) >= 11 is 0. The molecule has 160 valence electrons. The molecule has 0 amide bonds. The largest absolute Gasteiger partial charge is 0.400 e. The predicted octanol–water partition coefficient (Wildman–Crippen LogP) is 5.38. The third-order valence-electron chi connectivity index (χ3n) is 5.54. The Bertz CT molecular complexity index is 1020. The minimum Gasteiger partial charge on any atom is -0.400 e. The van der Waals surface area contributed by atoms with Gasteiger partial charge in [-0.05, 0) is 30.4 Å². The normalized spacial score (nSPS) is 11.6. The van der Waals surface area contributed by atoms with Crippen LogP contribution in [0.4, 0.5) is 0 Å². The third-order valence-corrected chi connectivity index (χ3v) is 5.54. The van der Waals surface area contributed by atoms with Gasteiger partial charge in [0.1, 0.15) is 6.29 Å². The van der Waals surface area contributed by atoms with Crippen LogP contribution < -0.4 is 5.56 Å². The number of pyridine rings is 1. The summed E-state index contributed by atoms with van der Waals surface area (Å²) in [5.74, 6) is -0.283. The Morgan fingerprint density at radius 1 is 1.00 bits per heavy atom. The van der Waals surface area contributed by atoms with Gasteiger partial charge in [0.05, 0.1) is 5.92 Å². The molecule has 2 aromatic carbocycles. The van der Waals surface area contributed by atoms with E-state index in [4.69, 9.17) is 5.11 Å². The number of aliphatic hydroxyl groups is 1. The van der Waals surface area contributed by atoms with Gasteiger partial charge < -0.3 is 14.5 Å². The van der Waals surface area contributed by atoms with Gasteiger partial charge in [-0.1, -0.05) is 80.6 Å². The highest BCUT2D eigenvalue weighted by Crippen LogP contribution is 2.36. The smallest absolute Gasteiger partial charge is 0.258 e. The molecule has 3 aromatic rings. The molecule has 0 saturated heterocycles. The summed E-state index contributed by atoms with van der Waals surface area (Å²) in [6.45, 7) is 4.22. The quantitative estimate of drug-likeness (QED) is 0.403. The molecule has 0 aliphatic rings. The van der Waals surface area contributed by atoms with Crippen LogP contribution in [0.2, 0.25) is 0 Å². The van der Waals surface area contributed by atoms with Crippen molar-refractivity contribution >= 4 is 17.1 Å². The molecule has 0 fully saturated rings. The highest BCUT2D eigenvalue weighted by molar-refractivity contribution is 5.98. The highest BCUT2D eigenvalue weighted by atomic mass is 16.2. The summed E-state index contributed by atoms with van der Waals surface area (Å²) in [5, 5.41) is 8.64. The summed E-state index contributed by atoms with van der Waals surface area (Å²) in [6, 6.07) is 16.1. The summed E-state index contributed by atoms with van der Waals surface area (Å²) in [4.78, 5) is 25.2. The van der Waals surface area contributed by atoms with E-state index >= 15 is 0 Å². The number of unbranched alkanes of at least 4 members (excludes halogenated alkanes) is 3. The van der Waals surface area contributed by atoms with Gasteiger partial charge in [0.2, 0.25) is 0 Å². The average molecular weight is 408 g/mol. The first-order valence-corrected chi connectivity index (χ1v) is 10.7. The lowest BCUT2D eigenvalue weighted by Crippen LogP contribution is -2.24. The summed E-state index contributed by atoms with van der Waals surface area (Å²) in [5.41, 5.74) is 3.96. The van der Waals surface area contributed by atoms with Crippen LogP contribution in [0.3, 0.4) is 0 Å². The zero-order chi connectivity index (χ0) is 22.1. The Balaban J connectivity index is 0.00000155. The minimum atomic E-state index is -0.283. The van der Waals surface area contributed by atoms with Crippen LogP contribution in [-0.2, 0) is 11.8 Å². The van der Waals surface area contributed by atoms with Gasteiger partial charge in [0, 0.05) is 30.8 Å². The van der Waals surface area contributed by atoms with Crippen molar-refractivity contribution in [3.63, 3.8) is 0 Å². The molecule has 0 aliphatic carbocycles. The molecule has 1 atom stereocenters. The van der Waals surface area contributed by atoms with Gasteiger partial charge in [0.15, 0.2) is 0 Å². The molecular formula is C26H33NO3. The fraction of sp³-hybridized carbons (Fsp3) is 0.385. The number of aryl methyl sites for hydroxylation is 1. The molecule has 0 aliphatic heterocycles. The molecule has 1 N–H and O–H groups in total. The molecule has 4 nitrogen and oxygen atoms in total. The summed E-state index contributed by atoms with van der Waals surface area (Å²) < 4.78 is 1.69. The topological polar surface area (TPSA) is 59.3 Å². The summed E-state index contributed by atoms with van der Waals surface area (Å²) in [6.07, 6.45) is 6.23. The van der Waals surface area contributed by atoms with Gasteiger partial charge in [0.25, 0.3) is 5.56 Å². The lowest BCUT2D eigenvalue weighted by atomic mass is 9.88. The molecule has 1 heterocycles. The second-order valence-electron chi connectivity index (χ2n) is 7.63. The molecule has 0 bridgehead atoms. The Labute approximate surface area is 179 Å². The van der Waals surface area contributed by atoms with Crippen LogP contribution >= 0.6 is 0 Å². The number of aldehydes is 1. The molecule has 1 unspecified atom stereocenters. The van der Waals surface area contributed by atoms with Gasteiger partial charge in [-0.25, -0.2) is 0 Å². The van der Waals surface area contributed by atoms with Gasteiger partial charge >= 0.3 is 0 Å². The Kier molecular flexibility index (Phi) is 9.00. The number of aliphatic hydroxyl groups excluding tert-OH is 1. The van der Waals surface area contributed by atoms with Gasteiger partial charge in [-0.3, -0.25) is 4.79 Å². The van der Waals surface area contributed by atoms with Gasteiger partial charge in [-0.2, -0.15) is 0 Å². The van der Waals surface area contributed by atoms with Crippen LogP contribution in [0, 0.1) is 6.92 Å². The molecular weight excluding hydrogens is 374 g/mol. The second kappa shape index (κ2) is 11.5. The average Bonchev–Trinajstić information content (AvgIpc) is 2.78. The minimum absolute atomic E-state index is 0.0370. The highest BCUT2D eigenvalue weighted by Gasteiger charge is 2.23. The standard InChI is InChI=1S/C25H29NO2.CH4O/c1-4-5-6-8-13-20(17-27)24-23(19-11-9-7-10-12-19)22-16-18(2)14-15-21(22)25(28)26(24)3;1-2/h7,9-12,14-17,20H,4-6,8,13H2,1-3H3;2H,1H3. The number of fused-ring (bicyclic) bond motifs is 1. The molecule has 1 aromatic heterocycles. The van der Waals surface area contributed by atoms with Crippen molar-refractivity contribution in [1.82, 2.24) is 4.57 Å². The maximum absolute atomic E-state index is 13.1. The molecule has 0 saturated carbocycles. The van der Waals surface area contributed by atoms with Crippen LogP contribution in [0.1, 0.15) is 56.2 Å². The van der Waals surface area contributed by atoms with Crippen molar-refractivity contribution in [2.75, 3.05) is 7.11 Å². The number of hydrogen-bond acceptors (Lipinski definition) is 3. The van der Waals surface area contributed by atoms with Crippen LogP contribution in [0.5, 0.6) is 0 Å². The van der Waals surface area contributed by atoms with Crippen molar-refractivity contribution in [1.29, 1.82) is 0 Å². The van der Waals surface area contributed by atoms with E-state index in [2.05, 4.69) is 25.1 Å². The third kappa shape index (κ3) is 5.06. The number of aromatic nitrogens is 1. The number of benzene rings is 2. The van der Waals surface area contributed by atoms with Crippen LogP contribution in [0.15, 0.2) is 53.3 Å². The van der Waals surface area contributed by atoms with Gasteiger partial charge in [-0.15, -0.1) is 0 Å². The molecule has 4 heteroatoms. The van der Waals surface area contributed by atoms with Crippen molar-refractivity contribution < 1.29 is 9.90 Å². The summed E-state index contributed by atoms with van der Waals surface area (Å²) in [7, 11) is 2.80. The van der Waals surface area contributed by atoms with E-state index in [1.807, 2.05) is 37.3 Å². The van der Waals surface area contributed by atoms with Crippen molar-refractivity contribution in [2.24, 2.45) is 7.05 Å². The maximum atomic E-state index is 13.1. The molecule has 30 heavy (non-hydrogen) atoms. The van der Waals surface area contributed by atoms with Crippen molar-refractivity contribution in [2.45, 2.75) is 51.9 Å². The lowest BCUT2D eigenvalue weighted by Gasteiger charge is -2.22. The Morgan fingerprint density at radius 2 is 1.70 bits per heavy atom. The van der Waals surface area contributed by atoms with E-state index in [0.29, 0.717) is 5.39 Å². The van der Waals surface area contributed by atoms with E-state index in [1.165, 1.54) is 6.42 Å². The number of carbonyl (C=O) groups excluding carboxylic acids is 1. The van der Waals surface area contributed by atoms with Crippen molar-refractivity contribution in [3.05, 3.63) is 70.1 Å². The first kappa shape index (κ1) is 23.6. The Morgan fingerprint density at radius 3 is 2.33 bits per heavy atom. The van der Waals surface area contributed by atoms with Crippen molar-refractivity contribution in [3.8, 4) is 11.1 Å². The zero-order valence-electron chi connectivity index (χ0n) is 18.5. The first-order chi connectivity index (χ1) is 14.6. The van der Waals surface area contributed by atoms with E-state index in [0.717, 1.165) is 66.8 Å². The molecule has 3 rings (SSSR count). The van der Waals surface area contributed by atoms with E-state index in [9.17, 15) is 9.59 Å². The van der Waals surface area contributed by atoms with E-state index in [1.54, 1.807) is 11.6 Å². The maximum Gasteiger partial charge on any atom is 0.258 e. The fourth-order valence-corrected chi connectivity index (χ4v) is 4.05. The van der Waals surface area contributed by atoms with E-state index in [-0.39, 0.29) is 11.5 Å². The first-order valence-electron chi connectivity index (χ1n) is 10.7. The zero-order valence-corrected chi connectivity index (χ0v) is 18.5. The predicted molar refractivity (Wildman–Crippen MR) is 125 cm³/mol. The lowest BCUT2D eigenvalue weighted by molar-refractivity contribution is -0.109. The fourth-order valence-electron chi connectivity index (χ4n) is 4.05. The van der Waals surface area contributed by atoms with Crippen LogP contribution in [0.25, 0.3) is 21.9 Å². The monoisotopic (exact) mass is 407 g/mol. The number of rotatable bonds is 8. The second-order valence-corrected chi connectivity index (χ2v) is 7.63. The number of nitrogens with zero attached hydrogens (tertiary/aromatic N) is 1. The number of carbonyl (C=O) groups is 1. The number of hydrogen-bond donors (Lipinski definition) is 1. The molecule has 0 spiro atoms. The Hall–Kier alpha value is -2.72. The van der Waals surface area contributed by atoms with Crippen LogP contribution in [-0.4, -0.2) is 23.1 Å².